The van der Waals surface area contributed by atoms with Gasteiger partial charge in [0.1, 0.15) is 0 Å². The third kappa shape index (κ3) is 4.52. The van der Waals surface area contributed by atoms with E-state index in [0.29, 0.717) is 12.8 Å². The molecule has 2 N–H and O–H groups in total. The second-order valence-electron chi connectivity index (χ2n) is 5.87. The molecule has 1 fully saturated rings. The number of sulfonamides is 1. The normalized spacial score (nSPS) is 19.2. The first-order valence-electron chi connectivity index (χ1n) is 7.31. The maximum absolute atomic E-state index is 12.3. The molecule has 118 valence electrons. The zero-order valence-electron chi connectivity index (χ0n) is 12.2. The molecule has 0 aromatic heterocycles. The standard InChI is InChI=1S/C15H22BrNO3S/c1-12-10-13(6-7-14(12)16)21(19,20)17-11-15(18)8-4-2-3-5-9-15/h6-7,10,17-18H,2-5,8-9,11H2,1H3. The zero-order valence-corrected chi connectivity index (χ0v) is 14.6. The minimum absolute atomic E-state index is 0.0877. The van der Waals surface area contributed by atoms with E-state index >= 15 is 0 Å². The predicted octanol–water partition coefficient (Wildman–Crippen LogP) is 3.12. The molecule has 0 bridgehead atoms. The van der Waals surface area contributed by atoms with Gasteiger partial charge in [0, 0.05) is 11.0 Å². The van der Waals surface area contributed by atoms with Crippen LogP contribution in [0.3, 0.4) is 0 Å². The Hall–Kier alpha value is -0.430. The summed E-state index contributed by atoms with van der Waals surface area (Å²) in [6.07, 6.45) is 5.46. The molecule has 0 unspecified atom stereocenters. The lowest BCUT2D eigenvalue weighted by Gasteiger charge is -2.26. The predicted molar refractivity (Wildman–Crippen MR) is 86.7 cm³/mol. The highest BCUT2D eigenvalue weighted by atomic mass is 79.9. The van der Waals surface area contributed by atoms with Gasteiger partial charge in [-0.05, 0) is 43.5 Å². The molecule has 1 saturated carbocycles. The summed E-state index contributed by atoms with van der Waals surface area (Å²) in [5.74, 6) is 0. The average Bonchev–Trinajstić information content (AvgIpc) is 2.65. The van der Waals surface area contributed by atoms with Gasteiger partial charge in [-0.1, -0.05) is 41.6 Å². The molecule has 4 nitrogen and oxygen atoms in total. The summed E-state index contributed by atoms with van der Waals surface area (Å²) >= 11 is 3.36. The number of hydrogen-bond donors (Lipinski definition) is 2. The number of rotatable bonds is 4. The Labute approximate surface area is 135 Å². The summed E-state index contributed by atoms with van der Waals surface area (Å²) in [5, 5.41) is 10.5. The molecule has 1 aliphatic rings. The van der Waals surface area contributed by atoms with E-state index in [1.54, 1.807) is 18.2 Å². The van der Waals surface area contributed by atoms with Crippen LogP contribution in [0.4, 0.5) is 0 Å². The zero-order chi connectivity index (χ0) is 15.5. The van der Waals surface area contributed by atoms with Gasteiger partial charge >= 0.3 is 0 Å². The van der Waals surface area contributed by atoms with Crippen LogP contribution < -0.4 is 4.72 Å². The van der Waals surface area contributed by atoms with Crippen molar-refractivity contribution in [1.82, 2.24) is 4.72 Å². The van der Waals surface area contributed by atoms with Crippen LogP contribution in [0.1, 0.15) is 44.1 Å². The fourth-order valence-corrected chi connectivity index (χ4v) is 4.11. The summed E-state index contributed by atoms with van der Waals surface area (Å²) in [5.41, 5.74) is -0.0420. The average molecular weight is 376 g/mol. The minimum atomic E-state index is -3.58. The van der Waals surface area contributed by atoms with Gasteiger partial charge in [0.25, 0.3) is 0 Å². The first-order chi connectivity index (χ1) is 9.82. The van der Waals surface area contributed by atoms with Crippen LogP contribution >= 0.6 is 15.9 Å². The van der Waals surface area contributed by atoms with E-state index in [2.05, 4.69) is 20.7 Å². The van der Waals surface area contributed by atoms with Gasteiger partial charge in [-0.3, -0.25) is 0 Å². The second kappa shape index (κ2) is 6.77. The molecule has 0 heterocycles. The van der Waals surface area contributed by atoms with Crippen molar-refractivity contribution in [3.8, 4) is 0 Å². The highest BCUT2D eigenvalue weighted by Crippen LogP contribution is 2.27. The van der Waals surface area contributed by atoms with Gasteiger partial charge in [-0.25, -0.2) is 13.1 Å². The Bertz CT molecular complexity index is 593. The summed E-state index contributed by atoms with van der Waals surface area (Å²) in [6, 6.07) is 4.92. The van der Waals surface area contributed by atoms with Crippen LogP contribution in [0.25, 0.3) is 0 Å². The molecule has 21 heavy (non-hydrogen) atoms. The van der Waals surface area contributed by atoms with Crippen LogP contribution in [0, 0.1) is 6.92 Å². The molecule has 0 aliphatic heterocycles. The lowest BCUT2D eigenvalue weighted by atomic mass is 9.95. The Morgan fingerprint density at radius 2 is 1.86 bits per heavy atom. The monoisotopic (exact) mass is 375 g/mol. The third-order valence-corrected chi connectivity index (χ3v) is 6.35. The van der Waals surface area contributed by atoms with Crippen LogP contribution in [0.5, 0.6) is 0 Å². The lowest BCUT2D eigenvalue weighted by Crippen LogP contribution is -2.42. The fourth-order valence-electron chi connectivity index (χ4n) is 2.66. The van der Waals surface area contributed by atoms with Gasteiger partial charge in [-0.15, -0.1) is 0 Å². The number of aryl methyl sites for hydroxylation is 1. The number of halogens is 1. The van der Waals surface area contributed by atoms with Gasteiger partial charge in [0.05, 0.1) is 10.5 Å². The first-order valence-corrected chi connectivity index (χ1v) is 9.58. The van der Waals surface area contributed by atoms with E-state index in [9.17, 15) is 13.5 Å². The molecule has 0 saturated heterocycles. The van der Waals surface area contributed by atoms with Crippen molar-refractivity contribution in [3.63, 3.8) is 0 Å². The molecule has 0 spiro atoms. The van der Waals surface area contributed by atoms with Gasteiger partial charge < -0.3 is 5.11 Å². The van der Waals surface area contributed by atoms with Crippen molar-refractivity contribution in [3.05, 3.63) is 28.2 Å². The van der Waals surface area contributed by atoms with Gasteiger partial charge in [-0.2, -0.15) is 0 Å². The van der Waals surface area contributed by atoms with E-state index in [-0.39, 0.29) is 11.4 Å². The smallest absolute Gasteiger partial charge is 0.240 e. The molecule has 0 radical (unpaired) electrons. The van der Waals surface area contributed by atoms with Gasteiger partial charge in [0.2, 0.25) is 10.0 Å². The van der Waals surface area contributed by atoms with E-state index in [1.807, 2.05) is 6.92 Å². The third-order valence-electron chi connectivity index (χ3n) is 4.07. The summed E-state index contributed by atoms with van der Waals surface area (Å²) < 4.78 is 28.1. The summed E-state index contributed by atoms with van der Waals surface area (Å²) in [4.78, 5) is 0.237. The van der Waals surface area contributed by atoms with E-state index in [0.717, 1.165) is 35.7 Å². The lowest BCUT2D eigenvalue weighted by molar-refractivity contribution is 0.0303. The summed E-state index contributed by atoms with van der Waals surface area (Å²) in [6.45, 7) is 1.94. The largest absolute Gasteiger partial charge is 0.389 e. The second-order valence-corrected chi connectivity index (χ2v) is 8.50. The first kappa shape index (κ1) is 16.9. The van der Waals surface area contributed by atoms with Crippen molar-refractivity contribution >= 4 is 26.0 Å². The van der Waals surface area contributed by atoms with Crippen molar-refractivity contribution in [2.45, 2.75) is 55.9 Å². The number of aliphatic hydroxyl groups is 1. The minimum Gasteiger partial charge on any atom is -0.389 e. The fraction of sp³-hybridized carbons (Fsp3) is 0.600. The summed E-state index contributed by atoms with van der Waals surface area (Å²) in [7, 11) is -3.58. The van der Waals surface area contributed by atoms with Crippen LogP contribution in [-0.4, -0.2) is 25.7 Å². The number of nitrogens with one attached hydrogen (secondary N) is 1. The Morgan fingerprint density at radius 3 is 2.43 bits per heavy atom. The molecule has 0 amide bonds. The van der Waals surface area contributed by atoms with Gasteiger partial charge in [0.15, 0.2) is 0 Å². The topological polar surface area (TPSA) is 66.4 Å². The number of benzene rings is 1. The van der Waals surface area contributed by atoms with Crippen LogP contribution in [0.2, 0.25) is 0 Å². The van der Waals surface area contributed by atoms with E-state index < -0.39 is 15.6 Å². The Balaban J connectivity index is 2.08. The molecule has 1 aromatic rings. The van der Waals surface area contributed by atoms with Crippen LogP contribution in [-0.2, 0) is 10.0 Å². The Morgan fingerprint density at radius 1 is 1.24 bits per heavy atom. The molecular weight excluding hydrogens is 354 g/mol. The highest BCUT2D eigenvalue weighted by molar-refractivity contribution is 9.10. The van der Waals surface area contributed by atoms with Crippen molar-refractivity contribution in [1.29, 1.82) is 0 Å². The highest BCUT2D eigenvalue weighted by Gasteiger charge is 2.30. The van der Waals surface area contributed by atoms with Crippen molar-refractivity contribution < 1.29 is 13.5 Å². The SMILES string of the molecule is Cc1cc(S(=O)(=O)NCC2(O)CCCCCC2)ccc1Br. The maximum atomic E-state index is 12.3. The maximum Gasteiger partial charge on any atom is 0.240 e. The Kier molecular flexibility index (Phi) is 5.46. The van der Waals surface area contributed by atoms with Crippen molar-refractivity contribution in [2.24, 2.45) is 0 Å². The molecule has 6 heteroatoms. The van der Waals surface area contributed by atoms with E-state index in [4.69, 9.17) is 0 Å². The quantitative estimate of drug-likeness (QED) is 0.794. The molecular formula is C15H22BrNO3S. The molecule has 2 rings (SSSR count). The van der Waals surface area contributed by atoms with Crippen LogP contribution in [0.15, 0.2) is 27.6 Å². The van der Waals surface area contributed by atoms with Crippen molar-refractivity contribution in [2.75, 3.05) is 6.54 Å². The molecule has 1 aliphatic carbocycles. The molecule has 1 aromatic carbocycles. The molecule has 0 atom stereocenters. The van der Waals surface area contributed by atoms with E-state index in [1.165, 1.54) is 0 Å². The number of hydrogen-bond acceptors (Lipinski definition) is 3.